The first-order valence-electron chi connectivity index (χ1n) is 6.36. The number of methoxy groups -OCH3 is 1. The summed E-state index contributed by atoms with van der Waals surface area (Å²) in [4.78, 5) is 56.0. The van der Waals surface area contributed by atoms with Gasteiger partial charge in [-0.25, -0.2) is 4.79 Å². The maximum Gasteiger partial charge on any atom is 0.338 e. The molecule has 0 heterocycles. The van der Waals surface area contributed by atoms with Gasteiger partial charge in [-0.15, -0.1) is 0 Å². The predicted molar refractivity (Wildman–Crippen MR) is 70.7 cm³/mol. The van der Waals surface area contributed by atoms with E-state index in [1.807, 2.05) is 0 Å². The van der Waals surface area contributed by atoms with Crippen molar-refractivity contribution in [1.29, 1.82) is 0 Å². The number of aldehydes is 1. The van der Waals surface area contributed by atoms with Gasteiger partial charge in [0.25, 0.3) is 0 Å². The van der Waals surface area contributed by atoms with Crippen LogP contribution in [0.25, 0.3) is 0 Å². The quantitative estimate of drug-likeness (QED) is 0.317. The first kappa shape index (κ1) is 20.5. The third-order valence-corrected chi connectivity index (χ3v) is 2.44. The maximum absolute atomic E-state index is 11.5. The summed E-state index contributed by atoms with van der Waals surface area (Å²) in [7, 11) is 0.959. The maximum atomic E-state index is 11.5. The van der Waals surface area contributed by atoms with E-state index >= 15 is 0 Å². The van der Waals surface area contributed by atoms with Crippen LogP contribution in [0.2, 0.25) is 0 Å². The lowest BCUT2D eigenvalue weighted by atomic mass is 10.0. The van der Waals surface area contributed by atoms with E-state index in [0.29, 0.717) is 0 Å². The molecule has 0 aromatic heterocycles. The number of carbonyl (C=O) groups excluding carboxylic acids is 5. The Labute approximate surface area is 131 Å². The van der Waals surface area contributed by atoms with Gasteiger partial charge in [-0.3, -0.25) is 19.2 Å². The van der Waals surface area contributed by atoms with Gasteiger partial charge in [0.05, 0.1) is 7.11 Å². The highest BCUT2D eigenvalue weighted by Gasteiger charge is 2.44. The first-order chi connectivity index (χ1) is 10.6. The van der Waals surface area contributed by atoms with Crippen molar-refractivity contribution in [1.82, 2.24) is 0 Å². The molecule has 0 saturated heterocycles. The van der Waals surface area contributed by atoms with E-state index in [1.54, 1.807) is 0 Å². The number of aliphatic hydroxyl groups excluding tert-OH is 1. The summed E-state index contributed by atoms with van der Waals surface area (Å²) in [5.41, 5.74) is 0. The Morgan fingerprint density at radius 2 is 1.30 bits per heavy atom. The summed E-state index contributed by atoms with van der Waals surface area (Å²) in [5.74, 6) is -3.97. The smallest absolute Gasteiger partial charge is 0.338 e. The Kier molecular flexibility index (Phi) is 8.48. The van der Waals surface area contributed by atoms with Crippen LogP contribution in [0.15, 0.2) is 0 Å². The lowest BCUT2D eigenvalue weighted by Crippen LogP contribution is -2.53. The Hall–Kier alpha value is -2.49. The van der Waals surface area contributed by atoms with Gasteiger partial charge in [-0.2, -0.15) is 0 Å². The van der Waals surface area contributed by atoms with Crippen LogP contribution in [0, 0.1) is 0 Å². The Balaban J connectivity index is 5.72. The third-order valence-electron chi connectivity index (χ3n) is 2.44. The molecule has 10 heteroatoms. The number of ether oxygens (including phenoxy) is 4. The topological polar surface area (TPSA) is 143 Å². The summed E-state index contributed by atoms with van der Waals surface area (Å²) in [6, 6.07) is 0. The van der Waals surface area contributed by atoms with Crippen molar-refractivity contribution in [2.24, 2.45) is 0 Å². The largest absolute Gasteiger partial charge is 0.467 e. The zero-order chi connectivity index (χ0) is 18.2. The van der Waals surface area contributed by atoms with Gasteiger partial charge in [0.2, 0.25) is 0 Å². The van der Waals surface area contributed by atoms with Crippen molar-refractivity contribution in [2.45, 2.75) is 45.2 Å². The van der Waals surface area contributed by atoms with Crippen molar-refractivity contribution in [2.75, 3.05) is 7.11 Å². The van der Waals surface area contributed by atoms with Gasteiger partial charge in [0.15, 0.2) is 30.7 Å². The van der Waals surface area contributed by atoms with E-state index in [2.05, 4.69) is 9.47 Å². The number of carbonyl (C=O) groups is 5. The fourth-order valence-corrected chi connectivity index (χ4v) is 1.63. The molecule has 4 atom stereocenters. The number of hydrogen-bond donors (Lipinski definition) is 1. The highest BCUT2D eigenvalue weighted by Crippen LogP contribution is 2.17. The summed E-state index contributed by atoms with van der Waals surface area (Å²) < 4.78 is 18.5. The van der Waals surface area contributed by atoms with Gasteiger partial charge >= 0.3 is 23.9 Å². The molecule has 0 bridgehead atoms. The van der Waals surface area contributed by atoms with Gasteiger partial charge < -0.3 is 24.1 Å². The van der Waals surface area contributed by atoms with Crippen LogP contribution in [-0.4, -0.2) is 66.8 Å². The second-order valence-corrected chi connectivity index (χ2v) is 4.33. The minimum atomic E-state index is -2.08. The predicted octanol–water partition coefficient (Wildman–Crippen LogP) is -1.49. The molecule has 0 aliphatic rings. The van der Waals surface area contributed by atoms with Crippen LogP contribution in [0.3, 0.4) is 0 Å². The summed E-state index contributed by atoms with van der Waals surface area (Å²) in [5, 5.41) is 9.89. The van der Waals surface area contributed by atoms with Crippen LogP contribution in [-0.2, 0) is 42.9 Å². The van der Waals surface area contributed by atoms with Gasteiger partial charge in [0.1, 0.15) is 0 Å². The molecule has 0 aliphatic heterocycles. The fraction of sp³-hybridized carbons (Fsp3) is 0.615. The Morgan fingerprint density at radius 3 is 1.65 bits per heavy atom. The van der Waals surface area contributed by atoms with Crippen LogP contribution in [0.1, 0.15) is 20.8 Å². The fourth-order valence-electron chi connectivity index (χ4n) is 1.63. The highest BCUT2D eigenvalue weighted by molar-refractivity contribution is 5.77. The molecule has 0 radical (unpaired) electrons. The third kappa shape index (κ3) is 6.87. The zero-order valence-electron chi connectivity index (χ0n) is 13.0. The van der Waals surface area contributed by atoms with Gasteiger partial charge in [-0.05, 0) is 0 Å². The number of aliphatic hydroxyl groups is 1. The summed E-state index contributed by atoms with van der Waals surface area (Å²) in [6.45, 7) is 2.92. The molecule has 0 saturated carbocycles. The van der Waals surface area contributed by atoms with Gasteiger partial charge in [-0.1, -0.05) is 0 Å². The van der Waals surface area contributed by atoms with Crippen molar-refractivity contribution >= 4 is 30.2 Å². The standard InChI is InChI=1S/C13H18O10/c1-6(15)21-9(5-14)11(22-7(2)16)12(23-8(3)17)10(18)13(19)20-4/h5,9-12,18H,1-4H3/t9-,10-,11+,12+/m0/s1. The molecule has 0 amide bonds. The second kappa shape index (κ2) is 9.51. The molecule has 130 valence electrons. The first-order valence-corrected chi connectivity index (χ1v) is 6.36. The van der Waals surface area contributed by atoms with Crippen molar-refractivity contribution in [3.05, 3.63) is 0 Å². The molecule has 0 unspecified atom stereocenters. The SMILES string of the molecule is COC(=O)[C@@H](O)[C@@H](OC(C)=O)[C@H](OC(C)=O)[C@H](C=O)OC(C)=O. The van der Waals surface area contributed by atoms with Crippen LogP contribution < -0.4 is 0 Å². The van der Waals surface area contributed by atoms with Crippen molar-refractivity contribution in [3.63, 3.8) is 0 Å². The Bertz CT molecular complexity index is 471. The molecule has 10 nitrogen and oxygen atoms in total. The molecule has 0 rings (SSSR count). The average Bonchev–Trinajstić information content (AvgIpc) is 2.46. The van der Waals surface area contributed by atoms with Crippen molar-refractivity contribution < 1.29 is 48.0 Å². The molecular formula is C13H18O10. The number of rotatable bonds is 8. The number of hydrogen-bond acceptors (Lipinski definition) is 10. The van der Waals surface area contributed by atoms with E-state index < -0.39 is 48.3 Å². The minimum Gasteiger partial charge on any atom is -0.467 e. The van der Waals surface area contributed by atoms with E-state index in [9.17, 15) is 29.1 Å². The van der Waals surface area contributed by atoms with Crippen LogP contribution >= 0.6 is 0 Å². The molecule has 1 N–H and O–H groups in total. The van der Waals surface area contributed by atoms with Gasteiger partial charge in [0, 0.05) is 20.8 Å². The molecule has 0 spiro atoms. The lowest BCUT2D eigenvalue weighted by molar-refractivity contribution is -0.196. The second-order valence-electron chi connectivity index (χ2n) is 4.33. The molecule has 0 aromatic rings. The Morgan fingerprint density at radius 1 is 0.870 bits per heavy atom. The minimum absolute atomic E-state index is 0.107. The zero-order valence-corrected chi connectivity index (χ0v) is 13.0. The molecule has 0 aromatic carbocycles. The van der Waals surface area contributed by atoms with Crippen LogP contribution in [0.5, 0.6) is 0 Å². The normalized spacial score (nSPS) is 15.3. The van der Waals surface area contributed by atoms with E-state index in [4.69, 9.17) is 9.47 Å². The average molecular weight is 334 g/mol. The molecular weight excluding hydrogens is 316 g/mol. The van der Waals surface area contributed by atoms with Crippen LogP contribution in [0.4, 0.5) is 0 Å². The monoisotopic (exact) mass is 334 g/mol. The van der Waals surface area contributed by atoms with E-state index in [-0.39, 0.29) is 6.29 Å². The summed E-state index contributed by atoms with van der Waals surface area (Å²) >= 11 is 0. The number of esters is 4. The molecule has 0 aliphatic carbocycles. The van der Waals surface area contributed by atoms with E-state index in [0.717, 1.165) is 27.9 Å². The molecule has 23 heavy (non-hydrogen) atoms. The highest BCUT2D eigenvalue weighted by atomic mass is 16.6. The lowest BCUT2D eigenvalue weighted by Gasteiger charge is -2.31. The van der Waals surface area contributed by atoms with Crippen molar-refractivity contribution in [3.8, 4) is 0 Å². The van der Waals surface area contributed by atoms with E-state index in [1.165, 1.54) is 0 Å². The molecule has 0 fully saturated rings. The summed E-state index contributed by atoms with van der Waals surface area (Å²) in [6.07, 6.45) is -7.24.